The summed E-state index contributed by atoms with van der Waals surface area (Å²) >= 11 is 0. The molecule has 0 aliphatic rings. The number of fused-ring (bicyclic) bond motifs is 3. The predicted octanol–water partition coefficient (Wildman–Crippen LogP) is 3.17. The summed E-state index contributed by atoms with van der Waals surface area (Å²) < 4.78 is 0. The normalized spacial score (nSPS) is 11.2. The number of hydrogen-bond acceptors (Lipinski definition) is 3. The van der Waals surface area contributed by atoms with E-state index in [0.717, 1.165) is 33.2 Å². The molecule has 0 saturated heterocycles. The zero-order valence-corrected chi connectivity index (χ0v) is 10.0. The summed E-state index contributed by atoms with van der Waals surface area (Å²) in [6.45, 7) is 0. The minimum absolute atomic E-state index is 0.878. The third-order valence-corrected chi connectivity index (χ3v) is 3.21. The maximum absolute atomic E-state index is 4.71. The van der Waals surface area contributed by atoms with Crippen LogP contribution in [0.1, 0.15) is 0 Å². The lowest BCUT2D eigenvalue weighted by Crippen LogP contribution is -1.88. The van der Waals surface area contributed by atoms with Crippen LogP contribution in [-0.4, -0.2) is 19.9 Å². The second-order valence-corrected chi connectivity index (χ2v) is 4.37. The number of nitrogens with one attached hydrogen (secondary N) is 1. The van der Waals surface area contributed by atoms with Crippen LogP contribution in [0, 0.1) is 0 Å². The van der Waals surface area contributed by atoms with Crippen LogP contribution in [0.5, 0.6) is 0 Å². The fourth-order valence-corrected chi connectivity index (χ4v) is 2.27. The molecule has 4 heteroatoms. The number of aromatic nitrogens is 4. The van der Waals surface area contributed by atoms with Crippen molar-refractivity contribution in [1.82, 2.24) is 19.9 Å². The number of aromatic amines is 1. The lowest BCUT2D eigenvalue weighted by atomic mass is 10.1. The van der Waals surface area contributed by atoms with Crippen LogP contribution in [0.25, 0.3) is 33.2 Å². The van der Waals surface area contributed by atoms with E-state index in [1.807, 2.05) is 18.2 Å². The number of pyridine rings is 2. The van der Waals surface area contributed by atoms with E-state index in [-0.39, 0.29) is 0 Å². The Morgan fingerprint density at radius 3 is 2.58 bits per heavy atom. The number of hydrogen-bond donors (Lipinski definition) is 1. The zero-order valence-electron chi connectivity index (χ0n) is 10.0. The molecule has 0 unspecified atom stereocenters. The highest BCUT2D eigenvalue weighted by Gasteiger charge is 2.06. The van der Waals surface area contributed by atoms with Crippen molar-refractivity contribution in [1.29, 1.82) is 0 Å². The average Bonchev–Trinajstić information content (AvgIpc) is 3.01. The first-order chi connectivity index (χ1) is 9.42. The van der Waals surface area contributed by atoms with Crippen LogP contribution in [0.4, 0.5) is 0 Å². The molecule has 4 aromatic rings. The second kappa shape index (κ2) is 3.88. The first-order valence-electron chi connectivity index (χ1n) is 6.05. The number of benzene rings is 1. The maximum Gasteiger partial charge on any atom is 0.0972 e. The van der Waals surface area contributed by atoms with Gasteiger partial charge in [-0.15, -0.1) is 0 Å². The van der Waals surface area contributed by atoms with Gasteiger partial charge in [-0.05, 0) is 12.1 Å². The average molecular weight is 246 g/mol. The molecule has 3 aromatic heterocycles. The van der Waals surface area contributed by atoms with E-state index in [9.17, 15) is 0 Å². The number of nitrogens with zero attached hydrogens (tertiary/aromatic N) is 3. The first-order valence-corrected chi connectivity index (χ1v) is 6.05. The Bertz CT molecular complexity index is 866. The minimum Gasteiger partial charge on any atom is -0.343 e. The molecule has 0 radical (unpaired) electrons. The molecule has 19 heavy (non-hydrogen) atoms. The van der Waals surface area contributed by atoms with Crippen molar-refractivity contribution >= 4 is 21.8 Å². The van der Waals surface area contributed by atoms with Gasteiger partial charge in [0.25, 0.3) is 0 Å². The molecule has 0 saturated carbocycles. The summed E-state index contributed by atoms with van der Waals surface area (Å²) in [6.07, 6.45) is 5.22. The van der Waals surface area contributed by atoms with Gasteiger partial charge >= 0.3 is 0 Å². The van der Waals surface area contributed by atoms with Crippen molar-refractivity contribution in [2.24, 2.45) is 0 Å². The van der Waals surface area contributed by atoms with Crippen molar-refractivity contribution in [2.45, 2.75) is 0 Å². The van der Waals surface area contributed by atoms with Crippen molar-refractivity contribution in [2.75, 3.05) is 0 Å². The maximum atomic E-state index is 4.71. The molecule has 90 valence electrons. The molecule has 0 aliphatic carbocycles. The Morgan fingerprint density at radius 1 is 0.895 bits per heavy atom. The standard InChI is InChI=1S/C15H10N4/c1-2-10-3-4-11-5-6-12(13-8-16-9-18-13)19-15(11)14(10)17-7-1/h1-9H,(H,16,18). The monoisotopic (exact) mass is 246 g/mol. The molecular weight excluding hydrogens is 236 g/mol. The van der Waals surface area contributed by atoms with Gasteiger partial charge in [0.1, 0.15) is 0 Å². The molecule has 1 N–H and O–H groups in total. The molecule has 0 aliphatic heterocycles. The smallest absolute Gasteiger partial charge is 0.0972 e. The van der Waals surface area contributed by atoms with E-state index in [1.54, 1.807) is 18.7 Å². The Hall–Kier alpha value is -2.75. The molecule has 0 amide bonds. The summed E-state index contributed by atoms with van der Waals surface area (Å²) in [5.74, 6) is 0. The van der Waals surface area contributed by atoms with E-state index < -0.39 is 0 Å². The van der Waals surface area contributed by atoms with E-state index in [0.29, 0.717) is 0 Å². The van der Waals surface area contributed by atoms with Crippen LogP contribution in [-0.2, 0) is 0 Å². The summed E-state index contributed by atoms with van der Waals surface area (Å²) in [5, 5.41) is 2.19. The molecule has 0 spiro atoms. The second-order valence-electron chi connectivity index (χ2n) is 4.37. The highest BCUT2D eigenvalue weighted by molar-refractivity contribution is 6.03. The molecule has 0 fully saturated rings. The first kappa shape index (κ1) is 10.2. The van der Waals surface area contributed by atoms with Gasteiger partial charge in [0.2, 0.25) is 0 Å². The summed E-state index contributed by atoms with van der Waals surface area (Å²) in [5.41, 5.74) is 3.64. The van der Waals surface area contributed by atoms with Gasteiger partial charge in [-0.1, -0.05) is 24.3 Å². The predicted molar refractivity (Wildman–Crippen MR) is 74.6 cm³/mol. The van der Waals surface area contributed by atoms with Crippen molar-refractivity contribution in [3.8, 4) is 11.4 Å². The quantitative estimate of drug-likeness (QED) is 0.525. The molecule has 3 heterocycles. The summed E-state index contributed by atoms with van der Waals surface area (Å²) in [7, 11) is 0. The van der Waals surface area contributed by atoms with Crippen molar-refractivity contribution < 1.29 is 0 Å². The van der Waals surface area contributed by atoms with Gasteiger partial charge in [-0.2, -0.15) is 0 Å². The summed E-state index contributed by atoms with van der Waals surface area (Å²) in [4.78, 5) is 16.3. The minimum atomic E-state index is 0.878. The Kier molecular flexibility index (Phi) is 2.08. The van der Waals surface area contributed by atoms with Crippen molar-refractivity contribution in [3.05, 3.63) is 55.1 Å². The third-order valence-electron chi connectivity index (χ3n) is 3.21. The molecule has 4 rings (SSSR count). The Balaban J connectivity index is 2.09. The molecule has 1 aromatic carbocycles. The molecule has 0 bridgehead atoms. The van der Waals surface area contributed by atoms with Gasteiger partial charge in [0, 0.05) is 17.0 Å². The highest BCUT2D eigenvalue weighted by atomic mass is 14.9. The SMILES string of the molecule is c1cnc2c(c1)ccc1ccc(-c3cnc[nH]3)nc12. The van der Waals surface area contributed by atoms with Gasteiger partial charge in [-0.25, -0.2) is 9.97 Å². The number of imidazole rings is 1. The van der Waals surface area contributed by atoms with Gasteiger partial charge in [0.05, 0.1) is 34.9 Å². The van der Waals surface area contributed by atoms with E-state index in [1.165, 1.54) is 0 Å². The molecule has 4 nitrogen and oxygen atoms in total. The Morgan fingerprint density at radius 2 is 1.74 bits per heavy atom. The van der Waals surface area contributed by atoms with E-state index in [4.69, 9.17) is 4.98 Å². The fraction of sp³-hybridized carbons (Fsp3) is 0. The van der Waals surface area contributed by atoms with Gasteiger partial charge in [-0.3, -0.25) is 4.98 Å². The summed E-state index contributed by atoms with van der Waals surface area (Å²) in [6, 6.07) is 12.2. The molecular formula is C15H10N4. The van der Waals surface area contributed by atoms with Crippen LogP contribution in [0.2, 0.25) is 0 Å². The van der Waals surface area contributed by atoms with Crippen LogP contribution in [0.15, 0.2) is 55.1 Å². The topological polar surface area (TPSA) is 54.5 Å². The lowest BCUT2D eigenvalue weighted by molar-refractivity contribution is 1.29. The zero-order chi connectivity index (χ0) is 12.7. The third kappa shape index (κ3) is 1.57. The van der Waals surface area contributed by atoms with E-state index >= 15 is 0 Å². The van der Waals surface area contributed by atoms with Crippen LogP contribution < -0.4 is 0 Å². The number of rotatable bonds is 1. The van der Waals surface area contributed by atoms with Crippen LogP contribution >= 0.6 is 0 Å². The van der Waals surface area contributed by atoms with Crippen LogP contribution in [0.3, 0.4) is 0 Å². The van der Waals surface area contributed by atoms with Gasteiger partial charge < -0.3 is 4.98 Å². The Labute approximate surface area is 109 Å². The highest BCUT2D eigenvalue weighted by Crippen LogP contribution is 2.24. The van der Waals surface area contributed by atoms with Gasteiger partial charge in [0.15, 0.2) is 0 Å². The van der Waals surface area contributed by atoms with E-state index in [2.05, 4.69) is 33.2 Å². The number of H-pyrrole nitrogens is 1. The largest absolute Gasteiger partial charge is 0.343 e. The van der Waals surface area contributed by atoms with Crippen molar-refractivity contribution in [3.63, 3.8) is 0 Å². The molecule has 0 atom stereocenters. The fourth-order valence-electron chi connectivity index (χ4n) is 2.27. The lowest BCUT2D eigenvalue weighted by Gasteiger charge is -2.04.